The van der Waals surface area contributed by atoms with Gasteiger partial charge >= 0.3 is 0 Å². The molecule has 21 heavy (non-hydrogen) atoms. The molecule has 1 aliphatic carbocycles. The largest absolute Gasteiger partial charge is 0.493 e. The number of carbonyl (C=O) groups excluding carboxylic acids is 1. The number of carbonyl (C=O) groups is 1. The summed E-state index contributed by atoms with van der Waals surface area (Å²) in [5, 5.41) is 3.47. The third kappa shape index (κ3) is 4.63. The molecule has 5 nitrogen and oxygen atoms in total. The van der Waals surface area contributed by atoms with E-state index in [1.807, 2.05) is 24.3 Å². The van der Waals surface area contributed by atoms with Crippen LogP contribution in [0, 0.1) is 5.92 Å². The van der Waals surface area contributed by atoms with E-state index >= 15 is 0 Å². The second kappa shape index (κ2) is 7.88. The van der Waals surface area contributed by atoms with Gasteiger partial charge in [0.1, 0.15) is 6.61 Å². The van der Waals surface area contributed by atoms with Crippen LogP contribution in [0.1, 0.15) is 25.7 Å². The van der Waals surface area contributed by atoms with Crippen molar-refractivity contribution in [1.82, 2.24) is 5.32 Å². The van der Waals surface area contributed by atoms with Crippen LogP contribution in [0.5, 0.6) is 11.5 Å². The van der Waals surface area contributed by atoms with E-state index < -0.39 is 0 Å². The number of hydrogen-bond donors (Lipinski definition) is 2. The fourth-order valence-electron chi connectivity index (χ4n) is 2.74. The first-order chi connectivity index (χ1) is 10.2. The van der Waals surface area contributed by atoms with E-state index in [-0.39, 0.29) is 11.8 Å². The molecule has 1 aliphatic rings. The standard InChI is InChI=1S/C16H24N2O3/c1-20-14-4-2-3-5-15(14)21-11-10-18-13-8-6-12(7-9-13)16(17)19/h2-5,12-13,18H,6-11H2,1H3,(H2,17,19). The first kappa shape index (κ1) is 15.6. The van der Waals surface area contributed by atoms with E-state index in [9.17, 15) is 4.79 Å². The van der Waals surface area contributed by atoms with Crippen molar-refractivity contribution in [3.05, 3.63) is 24.3 Å². The smallest absolute Gasteiger partial charge is 0.220 e. The SMILES string of the molecule is COc1ccccc1OCCNC1CCC(C(N)=O)CC1. The highest BCUT2D eigenvalue weighted by atomic mass is 16.5. The van der Waals surface area contributed by atoms with Gasteiger partial charge in [0.2, 0.25) is 5.91 Å². The third-order valence-electron chi connectivity index (χ3n) is 3.99. The Morgan fingerprint density at radius 3 is 2.52 bits per heavy atom. The van der Waals surface area contributed by atoms with Crippen molar-refractivity contribution in [3.8, 4) is 11.5 Å². The number of primary amides is 1. The highest BCUT2D eigenvalue weighted by Crippen LogP contribution is 2.26. The predicted octanol–water partition coefficient (Wildman–Crippen LogP) is 1.71. The minimum atomic E-state index is -0.159. The van der Waals surface area contributed by atoms with Gasteiger partial charge in [-0.2, -0.15) is 0 Å². The lowest BCUT2D eigenvalue weighted by atomic mass is 9.85. The predicted molar refractivity (Wildman–Crippen MR) is 81.4 cm³/mol. The summed E-state index contributed by atoms with van der Waals surface area (Å²) in [4.78, 5) is 11.1. The number of hydrogen-bond acceptors (Lipinski definition) is 4. The number of amides is 1. The van der Waals surface area contributed by atoms with E-state index in [1.54, 1.807) is 7.11 Å². The van der Waals surface area contributed by atoms with Crippen LogP contribution in [-0.4, -0.2) is 32.2 Å². The van der Waals surface area contributed by atoms with Gasteiger partial charge in [-0.15, -0.1) is 0 Å². The number of para-hydroxylation sites is 2. The molecule has 0 spiro atoms. The maximum absolute atomic E-state index is 11.1. The number of rotatable bonds is 7. The van der Waals surface area contributed by atoms with Crippen molar-refractivity contribution in [3.63, 3.8) is 0 Å². The van der Waals surface area contributed by atoms with Crippen LogP contribution in [0.15, 0.2) is 24.3 Å². The van der Waals surface area contributed by atoms with Gasteiger partial charge in [0.15, 0.2) is 11.5 Å². The second-order valence-corrected chi connectivity index (χ2v) is 5.40. The lowest BCUT2D eigenvalue weighted by molar-refractivity contribution is -0.122. The maximum Gasteiger partial charge on any atom is 0.220 e. The Morgan fingerprint density at radius 1 is 1.24 bits per heavy atom. The average Bonchev–Trinajstić information content (AvgIpc) is 2.52. The van der Waals surface area contributed by atoms with Crippen molar-refractivity contribution < 1.29 is 14.3 Å². The molecule has 1 fully saturated rings. The zero-order valence-corrected chi connectivity index (χ0v) is 12.5. The van der Waals surface area contributed by atoms with Gasteiger partial charge in [0, 0.05) is 18.5 Å². The molecular weight excluding hydrogens is 268 g/mol. The Hall–Kier alpha value is -1.75. The van der Waals surface area contributed by atoms with Gasteiger partial charge in [0.25, 0.3) is 0 Å². The van der Waals surface area contributed by atoms with Gasteiger partial charge in [-0.3, -0.25) is 4.79 Å². The van der Waals surface area contributed by atoms with Crippen LogP contribution in [0.3, 0.4) is 0 Å². The fraction of sp³-hybridized carbons (Fsp3) is 0.562. The molecule has 0 unspecified atom stereocenters. The molecule has 1 saturated carbocycles. The van der Waals surface area contributed by atoms with Crippen LogP contribution < -0.4 is 20.5 Å². The van der Waals surface area contributed by atoms with Gasteiger partial charge in [-0.05, 0) is 37.8 Å². The molecule has 0 radical (unpaired) electrons. The normalized spacial score (nSPS) is 21.8. The molecule has 3 N–H and O–H groups in total. The molecule has 0 aliphatic heterocycles. The van der Waals surface area contributed by atoms with Gasteiger partial charge in [-0.1, -0.05) is 12.1 Å². The zero-order chi connectivity index (χ0) is 15.1. The van der Waals surface area contributed by atoms with Crippen molar-refractivity contribution in [1.29, 1.82) is 0 Å². The number of nitrogens with one attached hydrogen (secondary N) is 1. The van der Waals surface area contributed by atoms with E-state index in [2.05, 4.69) is 5.32 Å². The summed E-state index contributed by atoms with van der Waals surface area (Å²) in [6.07, 6.45) is 3.78. The number of methoxy groups -OCH3 is 1. The van der Waals surface area contributed by atoms with E-state index in [4.69, 9.17) is 15.2 Å². The Bertz CT molecular complexity index is 457. The summed E-state index contributed by atoms with van der Waals surface area (Å²) in [6.45, 7) is 1.38. The van der Waals surface area contributed by atoms with Crippen LogP contribution in [0.25, 0.3) is 0 Å². The van der Waals surface area contributed by atoms with Crippen LogP contribution in [0.4, 0.5) is 0 Å². The number of ether oxygens (including phenoxy) is 2. The van der Waals surface area contributed by atoms with Crippen molar-refractivity contribution in [2.45, 2.75) is 31.7 Å². The molecule has 1 amide bonds. The van der Waals surface area contributed by atoms with Crippen LogP contribution in [-0.2, 0) is 4.79 Å². The Balaban J connectivity index is 1.65. The second-order valence-electron chi connectivity index (χ2n) is 5.40. The summed E-state index contributed by atoms with van der Waals surface area (Å²) >= 11 is 0. The molecule has 0 atom stereocenters. The fourth-order valence-corrected chi connectivity index (χ4v) is 2.74. The first-order valence-corrected chi connectivity index (χ1v) is 7.49. The topological polar surface area (TPSA) is 73.6 Å². The lowest BCUT2D eigenvalue weighted by Crippen LogP contribution is -2.38. The molecule has 1 aromatic rings. The zero-order valence-electron chi connectivity index (χ0n) is 12.5. The Labute approximate surface area is 125 Å². The van der Waals surface area contributed by atoms with Crippen molar-refractivity contribution in [2.24, 2.45) is 11.7 Å². The van der Waals surface area contributed by atoms with E-state index in [1.165, 1.54) is 0 Å². The summed E-state index contributed by atoms with van der Waals surface area (Å²) in [6, 6.07) is 8.09. The Kier molecular flexibility index (Phi) is 5.87. The first-order valence-electron chi connectivity index (χ1n) is 7.49. The molecule has 0 heterocycles. The number of nitrogens with two attached hydrogens (primary N) is 1. The summed E-state index contributed by atoms with van der Waals surface area (Å²) in [5.74, 6) is 1.42. The number of benzene rings is 1. The van der Waals surface area contributed by atoms with Crippen molar-refractivity contribution >= 4 is 5.91 Å². The van der Waals surface area contributed by atoms with Crippen LogP contribution >= 0.6 is 0 Å². The minimum Gasteiger partial charge on any atom is -0.493 e. The molecule has 0 aromatic heterocycles. The summed E-state index contributed by atoms with van der Waals surface area (Å²) < 4.78 is 11.0. The molecule has 0 bridgehead atoms. The maximum atomic E-state index is 11.1. The molecule has 1 aromatic carbocycles. The molecule has 0 saturated heterocycles. The average molecular weight is 292 g/mol. The third-order valence-corrected chi connectivity index (χ3v) is 3.99. The van der Waals surface area contributed by atoms with Crippen LogP contribution in [0.2, 0.25) is 0 Å². The van der Waals surface area contributed by atoms with Gasteiger partial charge in [-0.25, -0.2) is 0 Å². The molecule has 5 heteroatoms. The monoisotopic (exact) mass is 292 g/mol. The quantitative estimate of drug-likeness (QED) is 0.750. The lowest BCUT2D eigenvalue weighted by Gasteiger charge is -2.27. The van der Waals surface area contributed by atoms with E-state index in [0.29, 0.717) is 12.6 Å². The Morgan fingerprint density at radius 2 is 1.90 bits per heavy atom. The van der Waals surface area contributed by atoms with E-state index in [0.717, 1.165) is 43.7 Å². The van der Waals surface area contributed by atoms with Crippen molar-refractivity contribution in [2.75, 3.05) is 20.3 Å². The van der Waals surface area contributed by atoms with Gasteiger partial charge < -0.3 is 20.5 Å². The minimum absolute atomic E-state index is 0.0629. The summed E-state index contributed by atoms with van der Waals surface area (Å²) in [7, 11) is 1.64. The summed E-state index contributed by atoms with van der Waals surface area (Å²) in [5.41, 5.74) is 5.33. The highest BCUT2D eigenvalue weighted by molar-refractivity contribution is 5.76. The molecule has 116 valence electrons. The van der Waals surface area contributed by atoms with Gasteiger partial charge in [0.05, 0.1) is 7.11 Å². The molecular formula is C16H24N2O3. The highest BCUT2D eigenvalue weighted by Gasteiger charge is 2.24. The molecule has 2 rings (SSSR count).